The van der Waals surface area contributed by atoms with Crippen molar-refractivity contribution in [3.63, 3.8) is 0 Å². The molecule has 0 saturated carbocycles. The highest BCUT2D eigenvalue weighted by atomic mass is 35.5. The van der Waals surface area contributed by atoms with Gasteiger partial charge in [0.05, 0.1) is 6.10 Å². The zero-order chi connectivity index (χ0) is 10.7. The third-order valence-corrected chi connectivity index (χ3v) is 1.90. The number of hydrogen-bond acceptors (Lipinski definition) is 5. The van der Waals surface area contributed by atoms with Gasteiger partial charge in [-0.15, -0.1) is 0 Å². The van der Waals surface area contributed by atoms with Gasteiger partial charge in [0.25, 0.3) is 0 Å². The van der Waals surface area contributed by atoms with Crippen LogP contribution in [0.1, 0.15) is 20.3 Å². The van der Waals surface area contributed by atoms with Crippen molar-refractivity contribution in [2.45, 2.75) is 38.5 Å². The highest BCUT2D eigenvalue weighted by Gasteiger charge is 2.32. The molecule has 0 fully saturated rings. The molecule has 2 N–H and O–H groups in total. The number of esters is 1. The lowest BCUT2D eigenvalue weighted by molar-refractivity contribution is -0.152. The smallest absolute Gasteiger partial charge is 0.327 e. The van der Waals surface area contributed by atoms with Gasteiger partial charge in [0, 0.05) is 6.42 Å². The maximum Gasteiger partial charge on any atom is 0.327 e. The van der Waals surface area contributed by atoms with E-state index in [2.05, 4.69) is 5.16 Å². The number of halogens is 1. The lowest BCUT2D eigenvalue weighted by atomic mass is 10.1. The Morgan fingerprint density at radius 1 is 1.79 bits per heavy atom. The lowest BCUT2D eigenvalue weighted by Gasteiger charge is -2.17. The predicted octanol–water partition coefficient (Wildman–Crippen LogP) is 0.607. The molecule has 1 heterocycles. The minimum atomic E-state index is -0.836. The Hall–Kier alpha value is -0.810. The Morgan fingerprint density at radius 3 is 2.86 bits per heavy atom. The molecule has 0 unspecified atom stereocenters. The second-order valence-corrected chi connectivity index (χ2v) is 3.76. The van der Waals surface area contributed by atoms with Crippen molar-refractivity contribution in [1.29, 1.82) is 0 Å². The van der Waals surface area contributed by atoms with Crippen molar-refractivity contribution < 1.29 is 14.4 Å². The highest BCUT2D eigenvalue weighted by molar-refractivity contribution is 6.65. The number of rotatable bonds is 3. The molecule has 0 radical (unpaired) electrons. The average Bonchev–Trinajstić information content (AvgIpc) is 2.49. The Balaban J connectivity index is 2.42. The highest BCUT2D eigenvalue weighted by Crippen LogP contribution is 2.16. The van der Waals surface area contributed by atoms with Crippen molar-refractivity contribution in [3.8, 4) is 0 Å². The van der Waals surface area contributed by atoms with Gasteiger partial charge >= 0.3 is 5.97 Å². The Bertz CT molecular complexity index is 255. The maximum atomic E-state index is 11.3. The summed E-state index contributed by atoms with van der Waals surface area (Å²) in [7, 11) is 0. The SMILES string of the molecule is CC(C)OC(=O)[C@@H](N)[C@@H]1CC(Cl)=NO1. The van der Waals surface area contributed by atoms with Crippen molar-refractivity contribution >= 4 is 22.7 Å². The zero-order valence-corrected chi connectivity index (χ0v) is 8.82. The molecule has 0 amide bonds. The summed E-state index contributed by atoms with van der Waals surface area (Å²) in [6.07, 6.45) is -0.337. The Labute approximate surface area is 87.2 Å². The van der Waals surface area contributed by atoms with Gasteiger partial charge in [-0.2, -0.15) is 0 Å². The molecule has 5 nitrogen and oxygen atoms in total. The number of oxime groups is 1. The fourth-order valence-electron chi connectivity index (χ4n) is 1.02. The van der Waals surface area contributed by atoms with Crippen LogP contribution >= 0.6 is 11.6 Å². The second kappa shape index (κ2) is 4.61. The monoisotopic (exact) mass is 220 g/mol. The van der Waals surface area contributed by atoms with E-state index in [1.807, 2.05) is 0 Å². The van der Waals surface area contributed by atoms with Crippen molar-refractivity contribution in [3.05, 3.63) is 0 Å². The van der Waals surface area contributed by atoms with E-state index in [9.17, 15) is 4.79 Å². The molecule has 14 heavy (non-hydrogen) atoms. The summed E-state index contributed by atoms with van der Waals surface area (Å²) in [5.74, 6) is -0.494. The molecule has 0 aliphatic carbocycles. The minimum absolute atomic E-state index is 0.189. The molecule has 0 bridgehead atoms. The summed E-state index contributed by atoms with van der Waals surface area (Å²) in [5.41, 5.74) is 5.60. The molecule has 2 atom stereocenters. The molecule has 1 rings (SSSR count). The van der Waals surface area contributed by atoms with Crippen LogP contribution in [0, 0.1) is 0 Å². The number of carbonyl (C=O) groups excluding carboxylic acids is 1. The number of carbonyl (C=O) groups is 1. The van der Waals surface area contributed by atoms with Crippen LogP contribution < -0.4 is 5.73 Å². The molecule has 0 saturated heterocycles. The summed E-state index contributed by atoms with van der Waals surface area (Å²) in [6.45, 7) is 3.51. The molecular formula is C8H13ClN2O3. The first-order valence-electron chi connectivity index (χ1n) is 4.35. The first kappa shape index (κ1) is 11.3. The fourth-order valence-corrected chi connectivity index (χ4v) is 1.21. The average molecular weight is 221 g/mol. The fraction of sp³-hybridized carbons (Fsp3) is 0.750. The van der Waals surface area contributed by atoms with E-state index in [4.69, 9.17) is 26.9 Å². The zero-order valence-electron chi connectivity index (χ0n) is 8.07. The normalized spacial score (nSPS) is 22.9. The van der Waals surface area contributed by atoms with Crippen LogP contribution in [-0.2, 0) is 14.4 Å². The third kappa shape index (κ3) is 2.85. The van der Waals surface area contributed by atoms with Crippen LogP contribution in [0.5, 0.6) is 0 Å². The number of hydrogen-bond donors (Lipinski definition) is 1. The number of ether oxygens (including phenoxy) is 1. The van der Waals surface area contributed by atoms with Crippen LogP contribution in [0.2, 0.25) is 0 Å². The molecule has 80 valence electrons. The van der Waals surface area contributed by atoms with Crippen molar-refractivity contribution in [2.75, 3.05) is 0 Å². The van der Waals surface area contributed by atoms with Crippen LogP contribution in [0.15, 0.2) is 5.16 Å². The third-order valence-electron chi connectivity index (χ3n) is 1.68. The van der Waals surface area contributed by atoms with Gasteiger partial charge in [-0.3, -0.25) is 4.79 Å². The summed E-state index contributed by atoms with van der Waals surface area (Å²) in [5, 5.41) is 3.82. The van der Waals surface area contributed by atoms with Gasteiger partial charge in [0.15, 0.2) is 6.10 Å². The summed E-state index contributed by atoms with van der Waals surface area (Å²) in [6, 6.07) is -0.836. The van der Waals surface area contributed by atoms with Crippen LogP contribution in [0.25, 0.3) is 0 Å². The predicted molar refractivity (Wildman–Crippen MR) is 52.0 cm³/mol. The van der Waals surface area contributed by atoms with Crippen molar-refractivity contribution in [1.82, 2.24) is 0 Å². The molecule has 0 spiro atoms. The number of nitrogens with zero attached hydrogens (tertiary/aromatic N) is 1. The quantitative estimate of drug-likeness (QED) is 0.707. The van der Waals surface area contributed by atoms with Crippen LogP contribution in [0.4, 0.5) is 0 Å². The molecule has 0 aromatic rings. The summed E-state index contributed by atoms with van der Waals surface area (Å²) >= 11 is 5.58. The van der Waals surface area contributed by atoms with E-state index in [1.54, 1.807) is 13.8 Å². The summed E-state index contributed by atoms with van der Waals surface area (Å²) in [4.78, 5) is 16.2. The maximum absolute atomic E-state index is 11.3. The largest absolute Gasteiger partial charge is 0.462 e. The van der Waals surface area contributed by atoms with E-state index in [-0.39, 0.29) is 6.10 Å². The van der Waals surface area contributed by atoms with E-state index in [0.717, 1.165) is 0 Å². The van der Waals surface area contributed by atoms with Gasteiger partial charge in [-0.1, -0.05) is 16.8 Å². The number of nitrogens with two attached hydrogens (primary N) is 1. The molecule has 1 aliphatic rings. The molecule has 1 aliphatic heterocycles. The van der Waals surface area contributed by atoms with Gasteiger partial charge in [0.1, 0.15) is 11.2 Å². The lowest BCUT2D eigenvalue weighted by Crippen LogP contribution is -2.43. The van der Waals surface area contributed by atoms with Crippen LogP contribution in [-0.4, -0.2) is 29.4 Å². The van der Waals surface area contributed by atoms with E-state index in [1.165, 1.54) is 0 Å². The molecular weight excluding hydrogens is 208 g/mol. The van der Waals surface area contributed by atoms with E-state index < -0.39 is 18.1 Å². The van der Waals surface area contributed by atoms with Gasteiger partial charge in [-0.05, 0) is 13.8 Å². The van der Waals surface area contributed by atoms with Gasteiger partial charge in [-0.25, -0.2) is 0 Å². The topological polar surface area (TPSA) is 73.9 Å². The Kier molecular flexibility index (Phi) is 3.71. The first-order chi connectivity index (χ1) is 6.50. The first-order valence-corrected chi connectivity index (χ1v) is 4.72. The minimum Gasteiger partial charge on any atom is -0.462 e. The summed E-state index contributed by atoms with van der Waals surface area (Å²) < 4.78 is 4.92. The second-order valence-electron chi connectivity index (χ2n) is 3.33. The van der Waals surface area contributed by atoms with Crippen molar-refractivity contribution in [2.24, 2.45) is 10.9 Å². The Morgan fingerprint density at radius 2 is 2.43 bits per heavy atom. The van der Waals surface area contributed by atoms with Gasteiger partial charge in [0.2, 0.25) is 0 Å². The van der Waals surface area contributed by atoms with E-state index in [0.29, 0.717) is 11.6 Å². The standard InChI is InChI=1S/C8H13ClN2O3/c1-4(2)13-8(12)7(10)5-3-6(9)11-14-5/h4-5,7H,3,10H2,1-2H3/t5-,7-/m0/s1. The van der Waals surface area contributed by atoms with Crippen LogP contribution in [0.3, 0.4) is 0 Å². The molecule has 0 aromatic heterocycles. The van der Waals surface area contributed by atoms with E-state index >= 15 is 0 Å². The molecule has 6 heteroatoms. The van der Waals surface area contributed by atoms with Gasteiger partial charge < -0.3 is 15.3 Å². The molecule has 0 aromatic carbocycles.